The van der Waals surface area contributed by atoms with Crippen LogP contribution in [0.4, 0.5) is 0 Å². The van der Waals surface area contributed by atoms with Gasteiger partial charge in [-0.25, -0.2) is 0 Å². The Labute approximate surface area is 377 Å². The average molecular weight is 1270 g/mol. The van der Waals surface area contributed by atoms with Crippen LogP contribution in [0.15, 0.2) is 170 Å². The first-order valence-corrected chi connectivity index (χ1v) is 18.1. The van der Waals surface area contributed by atoms with Crippen LogP contribution in [0.25, 0.3) is 66.6 Å². The van der Waals surface area contributed by atoms with Crippen molar-refractivity contribution < 1.29 is 60.3 Å². The fraction of sp³-hybridized carbons (Fsp3) is 0.0784. The van der Waals surface area contributed by atoms with Crippen LogP contribution in [-0.4, -0.2) is 15.0 Å². The molecule has 0 aliphatic carbocycles. The van der Waals surface area contributed by atoms with Gasteiger partial charge in [-0.1, -0.05) is 110 Å². The number of rotatable bonds is 4. The molecular weight excluding hydrogens is 1230 g/mol. The summed E-state index contributed by atoms with van der Waals surface area (Å²) in [6.07, 6.45) is 3.75. The van der Waals surface area contributed by atoms with Gasteiger partial charge in [0.15, 0.2) is 0 Å². The molecule has 0 N–H and O–H groups in total. The smallest absolute Gasteiger partial charge is 0.0595 e. The van der Waals surface area contributed by atoms with E-state index in [1.807, 2.05) is 92.1 Å². The molecule has 6 heteroatoms. The zero-order valence-electron chi connectivity index (χ0n) is 32.0. The summed E-state index contributed by atoms with van der Waals surface area (Å²) in [6, 6.07) is 63.5. The minimum Gasteiger partial charge on any atom is -0.304 e. The van der Waals surface area contributed by atoms with Gasteiger partial charge >= 0.3 is 0 Å². The molecule has 0 aliphatic heterocycles. The van der Waals surface area contributed by atoms with Gasteiger partial charge in [0.25, 0.3) is 0 Å². The van der Waals surface area contributed by atoms with Crippen molar-refractivity contribution in [1.82, 2.24) is 15.0 Å². The van der Waals surface area contributed by atoms with Crippen LogP contribution < -0.4 is 0 Å². The topological polar surface area (TPSA) is 38.7 Å². The van der Waals surface area contributed by atoms with Crippen LogP contribution in [0.1, 0.15) is 22.3 Å². The summed E-state index contributed by atoms with van der Waals surface area (Å²) < 4.78 is 0. The van der Waals surface area contributed by atoms with Gasteiger partial charge in [-0.2, -0.15) is 0 Å². The maximum atomic E-state index is 4.66. The molecule has 0 amide bonds. The third-order valence-corrected chi connectivity index (χ3v) is 9.06. The zero-order chi connectivity index (χ0) is 37.3. The Morgan fingerprint density at radius 3 is 1.75 bits per heavy atom. The Morgan fingerprint density at radius 1 is 0.421 bits per heavy atom. The van der Waals surface area contributed by atoms with Crippen molar-refractivity contribution in [3.05, 3.63) is 211 Å². The average Bonchev–Trinajstić information content (AvgIpc) is 3.21. The predicted molar refractivity (Wildman–Crippen MR) is 225 cm³/mol. The van der Waals surface area contributed by atoms with Crippen LogP contribution in [0, 0.1) is 45.9 Å². The van der Waals surface area contributed by atoms with Crippen LogP contribution >= 0.6 is 0 Å². The standard InChI is InChI=1S/C19H16N.2C16H12N.3Ir/c1-14-5-3-6-16(11-14)17-7-4-8-18(12-17)19-10-9-15(2)13-20-19;1-12-5-4-7-14(11-12)16-15-8-3-2-6-13(15)9-10-17-16;1-12-5-4-7-14(11-12)16-10-9-13-6-2-3-8-15(13)17-16;;;/h3-7,9-13H,1-2H3;2*2-6,8-11H,1H3;;;/q3*-1;;;. The summed E-state index contributed by atoms with van der Waals surface area (Å²) in [7, 11) is 0. The van der Waals surface area contributed by atoms with Crippen molar-refractivity contribution >= 4 is 21.7 Å². The van der Waals surface area contributed by atoms with E-state index in [-0.39, 0.29) is 60.3 Å². The molecule has 0 fully saturated rings. The van der Waals surface area contributed by atoms with E-state index >= 15 is 0 Å². The van der Waals surface area contributed by atoms with Crippen molar-refractivity contribution in [1.29, 1.82) is 0 Å². The minimum absolute atomic E-state index is 0. The van der Waals surface area contributed by atoms with Crippen molar-refractivity contribution in [2.45, 2.75) is 27.7 Å². The van der Waals surface area contributed by atoms with E-state index < -0.39 is 0 Å². The molecule has 3 aromatic heterocycles. The van der Waals surface area contributed by atoms with Gasteiger partial charge < -0.3 is 9.97 Å². The maximum Gasteiger partial charge on any atom is 0.0595 e. The summed E-state index contributed by atoms with van der Waals surface area (Å²) in [5, 5.41) is 3.56. The number of hydrogen-bond acceptors (Lipinski definition) is 3. The Bertz CT molecular complexity index is 2660. The first kappa shape index (κ1) is 44.9. The van der Waals surface area contributed by atoms with Gasteiger partial charge in [0.1, 0.15) is 0 Å². The Balaban J connectivity index is 0.000000185. The SMILES string of the molecule is Cc1cc[c-]c(-c2ccc3ccccc3n2)c1.Cc1cc[c-]c(-c2nccc3ccccc23)c1.Cc1ccc(-c2[c-]ccc(-c3cccc(C)c3)c2)nc1.[Ir].[Ir].[Ir]. The molecule has 0 saturated heterocycles. The normalized spacial score (nSPS) is 10.0. The van der Waals surface area contributed by atoms with Gasteiger partial charge in [-0.15, -0.1) is 106 Å². The van der Waals surface area contributed by atoms with E-state index in [1.54, 1.807) is 0 Å². The van der Waals surface area contributed by atoms with E-state index in [9.17, 15) is 0 Å². The number of pyridine rings is 3. The van der Waals surface area contributed by atoms with Gasteiger partial charge in [-0.3, -0.25) is 4.98 Å². The minimum atomic E-state index is 0. The summed E-state index contributed by atoms with van der Waals surface area (Å²) in [4.78, 5) is 13.6. The number of fused-ring (bicyclic) bond motifs is 2. The van der Waals surface area contributed by atoms with Gasteiger partial charge in [0.05, 0.1) is 5.52 Å². The number of hydrogen-bond donors (Lipinski definition) is 0. The molecule has 9 rings (SSSR count). The van der Waals surface area contributed by atoms with Gasteiger partial charge in [0, 0.05) is 72.7 Å². The molecule has 0 saturated carbocycles. The Kier molecular flexibility index (Phi) is 17.1. The second kappa shape index (κ2) is 21.7. The Hall–Kier alpha value is -4.76. The summed E-state index contributed by atoms with van der Waals surface area (Å²) in [6.45, 7) is 8.32. The quantitative estimate of drug-likeness (QED) is 0.165. The molecule has 0 aliphatic rings. The van der Waals surface area contributed by atoms with E-state index in [4.69, 9.17) is 0 Å². The third kappa shape index (κ3) is 11.9. The largest absolute Gasteiger partial charge is 0.304 e. The first-order valence-electron chi connectivity index (χ1n) is 18.1. The molecule has 3 radical (unpaired) electrons. The summed E-state index contributed by atoms with van der Waals surface area (Å²) in [5.41, 5.74) is 14.4. The second-order valence-electron chi connectivity index (χ2n) is 13.4. The van der Waals surface area contributed by atoms with E-state index in [0.29, 0.717) is 0 Å². The molecule has 0 atom stereocenters. The molecule has 9 aromatic rings. The fourth-order valence-corrected chi connectivity index (χ4v) is 6.24. The van der Waals surface area contributed by atoms with E-state index in [0.717, 1.165) is 39.3 Å². The number of aromatic nitrogens is 3. The molecule has 0 bridgehead atoms. The fourth-order valence-electron chi connectivity index (χ4n) is 6.24. The molecule has 6 aromatic carbocycles. The zero-order valence-corrected chi connectivity index (χ0v) is 39.2. The first-order chi connectivity index (χ1) is 26.4. The van der Waals surface area contributed by atoms with Crippen LogP contribution in [0.3, 0.4) is 0 Å². The molecule has 57 heavy (non-hydrogen) atoms. The summed E-state index contributed by atoms with van der Waals surface area (Å²) in [5.74, 6) is 0. The van der Waals surface area contributed by atoms with Crippen molar-refractivity contribution in [3.63, 3.8) is 0 Å². The third-order valence-electron chi connectivity index (χ3n) is 9.06. The molecule has 0 unspecified atom stereocenters. The molecular formula is C51H40Ir3N3-3. The second-order valence-corrected chi connectivity index (χ2v) is 13.4. The molecule has 289 valence electrons. The molecule has 0 spiro atoms. The predicted octanol–water partition coefficient (Wildman–Crippen LogP) is 12.8. The number of para-hydroxylation sites is 1. The molecule has 3 nitrogen and oxygen atoms in total. The number of aryl methyl sites for hydroxylation is 4. The Morgan fingerprint density at radius 2 is 1.04 bits per heavy atom. The number of nitrogens with zero attached hydrogens (tertiary/aromatic N) is 3. The number of benzene rings is 6. The van der Waals surface area contributed by atoms with Crippen LogP contribution in [0.2, 0.25) is 0 Å². The van der Waals surface area contributed by atoms with Crippen molar-refractivity contribution in [3.8, 4) is 44.9 Å². The van der Waals surface area contributed by atoms with Crippen LogP contribution in [-0.2, 0) is 60.3 Å². The van der Waals surface area contributed by atoms with Crippen molar-refractivity contribution in [2.24, 2.45) is 0 Å². The van der Waals surface area contributed by atoms with Gasteiger partial charge in [-0.05, 0) is 70.3 Å². The molecule has 3 heterocycles. The van der Waals surface area contributed by atoms with E-state index in [1.165, 1.54) is 49.5 Å². The van der Waals surface area contributed by atoms with Gasteiger partial charge in [0.2, 0.25) is 0 Å². The monoisotopic (exact) mass is 1270 g/mol. The van der Waals surface area contributed by atoms with E-state index in [2.05, 4.69) is 139 Å². The summed E-state index contributed by atoms with van der Waals surface area (Å²) >= 11 is 0. The maximum absolute atomic E-state index is 4.66. The van der Waals surface area contributed by atoms with Crippen LogP contribution in [0.5, 0.6) is 0 Å². The van der Waals surface area contributed by atoms with Crippen molar-refractivity contribution in [2.75, 3.05) is 0 Å².